The highest BCUT2D eigenvalue weighted by Crippen LogP contribution is 2.65. The molecule has 0 radical (unpaired) electrons. The number of aryl methyl sites for hydroxylation is 2. The molecule has 1 aliphatic heterocycles. The number of alkyl halides is 3. The lowest BCUT2D eigenvalue weighted by atomic mass is 9.63. The minimum absolute atomic E-state index is 0.0284. The number of rotatable bonds is 3. The Balaban J connectivity index is 1.49. The van der Waals surface area contributed by atoms with E-state index in [9.17, 15) is 27.6 Å². The highest BCUT2D eigenvalue weighted by molar-refractivity contribution is 6.07. The van der Waals surface area contributed by atoms with Crippen molar-refractivity contribution in [3.63, 3.8) is 0 Å². The van der Waals surface area contributed by atoms with Crippen molar-refractivity contribution in [2.75, 3.05) is 11.6 Å². The molecule has 0 unspecified atom stereocenters. The van der Waals surface area contributed by atoms with Crippen molar-refractivity contribution in [2.45, 2.75) is 26.4 Å². The van der Waals surface area contributed by atoms with Gasteiger partial charge < -0.3 is 0 Å². The Morgan fingerprint density at radius 3 is 2.13 bits per heavy atom. The van der Waals surface area contributed by atoms with E-state index in [4.69, 9.17) is 0 Å². The van der Waals surface area contributed by atoms with E-state index in [0.29, 0.717) is 22.3 Å². The van der Waals surface area contributed by atoms with Gasteiger partial charge in [-0.1, -0.05) is 29.8 Å². The summed E-state index contributed by atoms with van der Waals surface area (Å²) in [5.74, 6) is -3.31. The Bertz CT molecular complexity index is 966. The second-order valence-corrected chi connectivity index (χ2v) is 8.92. The van der Waals surface area contributed by atoms with Gasteiger partial charge in [0.05, 0.1) is 11.8 Å². The Morgan fingerprint density at radius 2 is 1.63 bits per heavy atom. The quantitative estimate of drug-likeness (QED) is 0.560. The highest BCUT2D eigenvalue weighted by atomic mass is 19.4. The number of carbonyl (C=O) groups is 3. The van der Waals surface area contributed by atoms with Crippen LogP contribution in [-0.2, 0) is 14.4 Å². The molecule has 0 N–H and O–H groups in total. The number of anilines is 1. The van der Waals surface area contributed by atoms with E-state index in [-0.39, 0.29) is 17.5 Å². The van der Waals surface area contributed by atoms with Gasteiger partial charge in [-0.05, 0) is 55.6 Å². The van der Waals surface area contributed by atoms with Crippen molar-refractivity contribution in [3.05, 3.63) is 41.5 Å². The predicted molar refractivity (Wildman–Crippen MR) is 101 cm³/mol. The molecular weight excluding hydrogens is 397 g/mol. The number of amides is 3. The van der Waals surface area contributed by atoms with Gasteiger partial charge in [-0.2, -0.15) is 13.2 Å². The molecule has 5 nitrogen and oxygen atoms in total. The first kappa shape index (κ1) is 19.3. The third-order valence-electron chi connectivity index (χ3n) is 7.17. The van der Waals surface area contributed by atoms with E-state index in [1.165, 1.54) is 6.07 Å². The van der Waals surface area contributed by atoms with E-state index in [2.05, 4.69) is 0 Å². The van der Waals surface area contributed by atoms with Crippen LogP contribution in [0.2, 0.25) is 0 Å². The number of benzene rings is 1. The number of imide groups is 1. The maximum Gasteiger partial charge on any atom is 0.471 e. The zero-order valence-corrected chi connectivity index (χ0v) is 16.5. The maximum absolute atomic E-state index is 13.4. The summed E-state index contributed by atoms with van der Waals surface area (Å²) >= 11 is 0. The van der Waals surface area contributed by atoms with Gasteiger partial charge in [-0.15, -0.1) is 0 Å². The van der Waals surface area contributed by atoms with Crippen molar-refractivity contribution in [3.8, 4) is 0 Å². The van der Waals surface area contributed by atoms with Crippen LogP contribution in [0.25, 0.3) is 0 Å². The van der Waals surface area contributed by atoms with Crippen molar-refractivity contribution in [2.24, 2.45) is 35.5 Å². The molecule has 0 spiro atoms. The Kier molecular flexibility index (Phi) is 3.98. The fourth-order valence-corrected chi connectivity index (χ4v) is 5.81. The summed E-state index contributed by atoms with van der Waals surface area (Å²) in [4.78, 5) is 39.9. The van der Waals surface area contributed by atoms with Crippen molar-refractivity contribution in [1.82, 2.24) is 4.90 Å². The van der Waals surface area contributed by atoms with Crippen LogP contribution >= 0.6 is 0 Å². The smallest absolute Gasteiger partial charge is 0.286 e. The summed E-state index contributed by atoms with van der Waals surface area (Å²) in [5.41, 5.74) is 1.34. The summed E-state index contributed by atoms with van der Waals surface area (Å²) in [5, 5.41) is 0. The van der Waals surface area contributed by atoms with Crippen LogP contribution in [0.3, 0.4) is 0 Å². The lowest BCUT2D eigenvalue weighted by Crippen LogP contribution is -2.49. The number of likely N-dealkylation sites (tertiary alicyclic amines) is 1. The molecule has 3 amide bonds. The third kappa shape index (κ3) is 2.65. The van der Waals surface area contributed by atoms with E-state index >= 15 is 0 Å². The summed E-state index contributed by atoms with van der Waals surface area (Å²) in [6.07, 6.45) is -0.135. The molecule has 3 fully saturated rings. The molecule has 6 atom stereocenters. The Hall–Kier alpha value is -2.64. The topological polar surface area (TPSA) is 57.7 Å². The van der Waals surface area contributed by atoms with Crippen LogP contribution in [0.5, 0.6) is 0 Å². The van der Waals surface area contributed by atoms with Crippen molar-refractivity contribution < 1.29 is 27.6 Å². The minimum atomic E-state index is -5.13. The van der Waals surface area contributed by atoms with Crippen LogP contribution in [0.15, 0.2) is 30.4 Å². The molecule has 0 aromatic heterocycles. The molecule has 1 saturated heterocycles. The van der Waals surface area contributed by atoms with Gasteiger partial charge in [0.1, 0.15) is 6.67 Å². The lowest BCUT2D eigenvalue weighted by Gasteiger charge is -2.37. The highest BCUT2D eigenvalue weighted by Gasteiger charge is 2.67. The average Bonchev–Trinajstić information content (AvgIpc) is 3.45. The molecule has 1 aromatic carbocycles. The number of allylic oxidation sites excluding steroid dienone is 2. The molecule has 30 heavy (non-hydrogen) atoms. The molecule has 158 valence electrons. The van der Waals surface area contributed by atoms with Crippen LogP contribution in [0.1, 0.15) is 17.5 Å². The summed E-state index contributed by atoms with van der Waals surface area (Å²) in [7, 11) is 0. The second kappa shape index (κ2) is 6.18. The van der Waals surface area contributed by atoms with Gasteiger partial charge in [-0.25, -0.2) is 0 Å². The second-order valence-electron chi connectivity index (χ2n) is 8.92. The first-order chi connectivity index (χ1) is 14.1. The van der Waals surface area contributed by atoms with Crippen LogP contribution < -0.4 is 4.90 Å². The van der Waals surface area contributed by atoms with Crippen molar-refractivity contribution >= 4 is 23.4 Å². The third-order valence-corrected chi connectivity index (χ3v) is 7.17. The average molecular weight is 418 g/mol. The normalized spacial score (nSPS) is 33.6. The zero-order valence-electron chi connectivity index (χ0n) is 16.5. The zero-order chi connectivity index (χ0) is 21.5. The van der Waals surface area contributed by atoms with Gasteiger partial charge >= 0.3 is 12.1 Å². The largest absolute Gasteiger partial charge is 0.471 e. The summed E-state index contributed by atoms with van der Waals surface area (Å²) in [6.45, 7) is 2.67. The standard InChI is InChI=1S/C22H21F3N2O3/c1-10-3-6-16(11(2)7-10)26(21(30)22(23,24)25)9-27-19(28)17-12-4-5-13(15-8-14(12)15)18(17)20(27)29/h3-7,12-15,17-18H,8-9H2,1-2H3/t12-,13-,14-,15-,17-,18+/m1/s1. The molecule has 6 rings (SSSR count). The molecular formula is C22H21F3N2O3. The number of nitrogens with zero attached hydrogens (tertiary/aromatic N) is 2. The lowest BCUT2D eigenvalue weighted by molar-refractivity contribution is -0.171. The Labute approximate surface area is 171 Å². The van der Waals surface area contributed by atoms with Gasteiger partial charge in [0.25, 0.3) is 0 Å². The van der Waals surface area contributed by atoms with Gasteiger partial charge in [0.2, 0.25) is 11.8 Å². The summed E-state index contributed by atoms with van der Waals surface area (Å²) < 4.78 is 40.1. The molecule has 2 saturated carbocycles. The first-order valence-corrected chi connectivity index (χ1v) is 10.1. The summed E-state index contributed by atoms with van der Waals surface area (Å²) in [6, 6.07) is 4.69. The molecule has 1 heterocycles. The number of carbonyl (C=O) groups excluding carboxylic acids is 3. The van der Waals surface area contributed by atoms with E-state index in [0.717, 1.165) is 16.9 Å². The van der Waals surface area contributed by atoms with Crippen LogP contribution in [0, 0.1) is 49.4 Å². The number of hydrogen-bond acceptors (Lipinski definition) is 3. The number of hydrogen-bond donors (Lipinski definition) is 0. The van der Waals surface area contributed by atoms with Crippen LogP contribution in [0.4, 0.5) is 18.9 Å². The minimum Gasteiger partial charge on any atom is -0.286 e. The fraction of sp³-hybridized carbons (Fsp3) is 0.500. The van der Waals surface area contributed by atoms with Gasteiger partial charge in [0, 0.05) is 5.69 Å². The molecule has 1 aromatic rings. The monoisotopic (exact) mass is 418 g/mol. The SMILES string of the molecule is Cc1ccc(N(CN2C(=O)[C@@H]3[C@@H]4C=C[C@H]([C@H]5C[C@H]45)[C@@H]3C2=O)C(=O)C(F)(F)F)c(C)c1. The van der Waals surface area contributed by atoms with Gasteiger partial charge in [-0.3, -0.25) is 24.2 Å². The molecule has 8 heteroatoms. The molecule has 5 aliphatic rings. The van der Waals surface area contributed by atoms with E-state index in [1.54, 1.807) is 26.0 Å². The molecule has 2 bridgehead atoms. The maximum atomic E-state index is 13.4. The van der Waals surface area contributed by atoms with E-state index < -0.39 is 42.4 Å². The fourth-order valence-electron chi connectivity index (χ4n) is 5.81. The predicted octanol–water partition coefficient (Wildman–Crippen LogP) is 3.21. The first-order valence-electron chi connectivity index (χ1n) is 10.1. The van der Waals surface area contributed by atoms with E-state index in [1.807, 2.05) is 12.2 Å². The van der Waals surface area contributed by atoms with Crippen molar-refractivity contribution in [1.29, 1.82) is 0 Å². The number of halogens is 3. The van der Waals surface area contributed by atoms with Gasteiger partial charge in [0.15, 0.2) is 0 Å². The Morgan fingerprint density at radius 1 is 1.07 bits per heavy atom. The molecule has 4 aliphatic carbocycles. The van der Waals surface area contributed by atoms with Crippen LogP contribution in [-0.4, -0.2) is 35.5 Å².